The minimum absolute atomic E-state index is 0.118. The monoisotopic (exact) mass is 454 g/mol. The van der Waals surface area contributed by atoms with E-state index in [1.807, 2.05) is 60.4 Å². The molecule has 1 amide bonds. The van der Waals surface area contributed by atoms with Gasteiger partial charge < -0.3 is 14.1 Å². The van der Waals surface area contributed by atoms with E-state index in [0.29, 0.717) is 55.1 Å². The SMILES string of the molecule is Cc1ccc(-c2nnc(CCC(=O)N3CCN(CCOc4ccccc4Cl)CC3)o2)cc1. The lowest BCUT2D eigenvalue weighted by molar-refractivity contribution is -0.133. The third-order valence-corrected chi connectivity index (χ3v) is 5.86. The molecule has 1 saturated heterocycles. The van der Waals surface area contributed by atoms with Crippen LogP contribution in [0.5, 0.6) is 5.75 Å². The van der Waals surface area contributed by atoms with Crippen LogP contribution >= 0.6 is 11.6 Å². The van der Waals surface area contributed by atoms with Crippen LogP contribution in [0.1, 0.15) is 17.9 Å². The highest BCUT2D eigenvalue weighted by Crippen LogP contribution is 2.23. The lowest BCUT2D eigenvalue weighted by atomic mass is 10.1. The number of aryl methyl sites for hydroxylation is 2. The summed E-state index contributed by atoms with van der Waals surface area (Å²) in [7, 11) is 0. The first kappa shape index (κ1) is 22.3. The van der Waals surface area contributed by atoms with E-state index in [1.54, 1.807) is 0 Å². The van der Waals surface area contributed by atoms with E-state index >= 15 is 0 Å². The van der Waals surface area contributed by atoms with Crippen molar-refractivity contribution in [2.45, 2.75) is 19.8 Å². The number of hydrogen-bond donors (Lipinski definition) is 0. The standard InChI is InChI=1S/C24H27ClN4O3/c1-18-6-8-19(9-7-18)24-27-26-22(32-24)10-11-23(30)29-14-12-28(13-15-29)16-17-31-21-5-3-2-4-20(21)25/h2-9H,10-17H2,1H3. The normalized spacial score (nSPS) is 14.5. The number of para-hydroxylation sites is 1. The molecule has 2 heterocycles. The maximum absolute atomic E-state index is 12.6. The van der Waals surface area contributed by atoms with Crippen molar-refractivity contribution in [3.63, 3.8) is 0 Å². The molecule has 4 rings (SSSR count). The minimum Gasteiger partial charge on any atom is -0.491 e. The molecular weight excluding hydrogens is 428 g/mol. The van der Waals surface area contributed by atoms with Gasteiger partial charge in [0.25, 0.3) is 0 Å². The fourth-order valence-electron chi connectivity index (χ4n) is 3.61. The second kappa shape index (κ2) is 10.6. The molecule has 1 aromatic heterocycles. The summed E-state index contributed by atoms with van der Waals surface area (Å²) in [5.74, 6) is 1.80. The number of nitrogens with zero attached hydrogens (tertiary/aromatic N) is 4. The van der Waals surface area contributed by atoms with Crippen LogP contribution < -0.4 is 4.74 Å². The molecule has 0 spiro atoms. The van der Waals surface area contributed by atoms with Crippen LogP contribution in [0.3, 0.4) is 0 Å². The van der Waals surface area contributed by atoms with Crippen molar-refractivity contribution in [1.82, 2.24) is 20.0 Å². The predicted molar refractivity (Wildman–Crippen MR) is 123 cm³/mol. The van der Waals surface area contributed by atoms with Crippen LogP contribution in [0.15, 0.2) is 52.9 Å². The maximum atomic E-state index is 12.6. The number of piperazine rings is 1. The number of aromatic nitrogens is 2. The van der Waals surface area contributed by atoms with Crippen molar-refractivity contribution < 1.29 is 13.9 Å². The summed E-state index contributed by atoms with van der Waals surface area (Å²) in [4.78, 5) is 16.8. The van der Waals surface area contributed by atoms with Gasteiger partial charge in [-0.15, -0.1) is 10.2 Å². The first-order valence-corrected chi connectivity index (χ1v) is 11.2. The summed E-state index contributed by atoms with van der Waals surface area (Å²) in [6, 6.07) is 15.4. The van der Waals surface area contributed by atoms with Crippen molar-refractivity contribution in [3.05, 3.63) is 65.0 Å². The average Bonchev–Trinajstić information content (AvgIpc) is 3.29. The molecule has 0 saturated carbocycles. The number of hydrogen-bond acceptors (Lipinski definition) is 6. The zero-order valence-corrected chi connectivity index (χ0v) is 18.9. The number of amides is 1. The van der Waals surface area contributed by atoms with Crippen molar-refractivity contribution in [1.29, 1.82) is 0 Å². The summed E-state index contributed by atoms with van der Waals surface area (Å²) in [5, 5.41) is 8.81. The smallest absolute Gasteiger partial charge is 0.247 e. The predicted octanol–water partition coefficient (Wildman–Crippen LogP) is 3.85. The number of carbonyl (C=O) groups excluding carboxylic acids is 1. The molecule has 0 radical (unpaired) electrons. The molecule has 1 aliphatic heterocycles. The van der Waals surface area contributed by atoms with Crippen LogP contribution in [-0.2, 0) is 11.2 Å². The second-order valence-corrected chi connectivity index (χ2v) is 8.28. The molecule has 7 nitrogen and oxygen atoms in total. The minimum atomic E-state index is 0.118. The summed E-state index contributed by atoms with van der Waals surface area (Å²) >= 11 is 6.11. The van der Waals surface area contributed by atoms with Crippen LogP contribution in [0.4, 0.5) is 0 Å². The highest BCUT2D eigenvalue weighted by Gasteiger charge is 2.21. The lowest BCUT2D eigenvalue weighted by Crippen LogP contribution is -2.49. The zero-order chi connectivity index (χ0) is 22.3. The molecule has 0 unspecified atom stereocenters. The van der Waals surface area contributed by atoms with E-state index in [1.165, 1.54) is 5.56 Å². The summed E-state index contributed by atoms with van der Waals surface area (Å²) in [5.41, 5.74) is 2.06. The van der Waals surface area contributed by atoms with Crippen molar-refractivity contribution in [3.8, 4) is 17.2 Å². The third-order valence-electron chi connectivity index (χ3n) is 5.54. The van der Waals surface area contributed by atoms with E-state index in [0.717, 1.165) is 25.2 Å². The number of halogens is 1. The molecular formula is C24H27ClN4O3. The Labute approximate surface area is 192 Å². The molecule has 1 fully saturated rings. The zero-order valence-electron chi connectivity index (χ0n) is 18.2. The van der Waals surface area contributed by atoms with Gasteiger partial charge in [-0.1, -0.05) is 41.4 Å². The Bertz CT molecular complexity index is 1030. The maximum Gasteiger partial charge on any atom is 0.247 e. The van der Waals surface area contributed by atoms with Gasteiger partial charge in [-0.05, 0) is 31.2 Å². The van der Waals surface area contributed by atoms with Gasteiger partial charge in [0, 0.05) is 51.1 Å². The van der Waals surface area contributed by atoms with Gasteiger partial charge >= 0.3 is 0 Å². The van der Waals surface area contributed by atoms with Crippen LogP contribution in [0, 0.1) is 6.92 Å². The Morgan fingerprint density at radius 1 is 1.06 bits per heavy atom. The Hall–Kier alpha value is -2.90. The fourth-order valence-corrected chi connectivity index (χ4v) is 3.80. The molecule has 0 N–H and O–H groups in total. The van der Waals surface area contributed by atoms with Crippen molar-refractivity contribution in [2.75, 3.05) is 39.3 Å². The molecule has 1 aliphatic rings. The van der Waals surface area contributed by atoms with E-state index in [4.69, 9.17) is 20.8 Å². The van der Waals surface area contributed by atoms with E-state index < -0.39 is 0 Å². The van der Waals surface area contributed by atoms with E-state index in [-0.39, 0.29) is 5.91 Å². The Morgan fingerprint density at radius 3 is 2.56 bits per heavy atom. The first-order chi connectivity index (χ1) is 15.6. The van der Waals surface area contributed by atoms with E-state index in [9.17, 15) is 4.79 Å². The molecule has 0 atom stereocenters. The van der Waals surface area contributed by atoms with Gasteiger partial charge in [0.1, 0.15) is 12.4 Å². The Kier molecular flexibility index (Phi) is 7.39. The molecule has 32 heavy (non-hydrogen) atoms. The average molecular weight is 455 g/mol. The largest absolute Gasteiger partial charge is 0.491 e. The topological polar surface area (TPSA) is 71.7 Å². The number of carbonyl (C=O) groups is 1. The third kappa shape index (κ3) is 5.87. The summed E-state index contributed by atoms with van der Waals surface area (Å²) < 4.78 is 11.5. The molecule has 168 valence electrons. The second-order valence-electron chi connectivity index (χ2n) is 7.87. The summed E-state index contributed by atoms with van der Waals surface area (Å²) in [6.45, 7) is 6.48. The molecule has 2 aromatic carbocycles. The van der Waals surface area contributed by atoms with Gasteiger partial charge in [0.2, 0.25) is 17.7 Å². The summed E-state index contributed by atoms with van der Waals surface area (Å²) in [6.07, 6.45) is 0.814. The van der Waals surface area contributed by atoms with Gasteiger partial charge in [0.05, 0.1) is 5.02 Å². The highest BCUT2D eigenvalue weighted by molar-refractivity contribution is 6.32. The van der Waals surface area contributed by atoms with Crippen LogP contribution in [-0.4, -0.2) is 65.2 Å². The first-order valence-electron chi connectivity index (χ1n) is 10.9. The van der Waals surface area contributed by atoms with Gasteiger partial charge in [-0.3, -0.25) is 9.69 Å². The molecule has 8 heteroatoms. The molecule has 0 aliphatic carbocycles. The van der Waals surface area contributed by atoms with Crippen molar-refractivity contribution >= 4 is 17.5 Å². The number of rotatable bonds is 8. The van der Waals surface area contributed by atoms with Gasteiger partial charge in [-0.25, -0.2) is 0 Å². The Morgan fingerprint density at radius 2 is 1.81 bits per heavy atom. The van der Waals surface area contributed by atoms with Crippen molar-refractivity contribution in [2.24, 2.45) is 0 Å². The van der Waals surface area contributed by atoms with Gasteiger partial charge in [0.15, 0.2) is 0 Å². The van der Waals surface area contributed by atoms with E-state index in [2.05, 4.69) is 15.1 Å². The number of benzene rings is 2. The van der Waals surface area contributed by atoms with Gasteiger partial charge in [-0.2, -0.15) is 0 Å². The molecule has 3 aromatic rings. The highest BCUT2D eigenvalue weighted by atomic mass is 35.5. The van der Waals surface area contributed by atoms with Crippen LogP contribution in [0.25, 0.3) is 11.5 Å². The Balaban J connectivity index is 1.17. The number of ether oxygens (including phenoxy) is 1. The lowest BCUT2D eigenvalue weighted by Gasteiger charge is -2.34. The fraction of sp³-hybridized carbons (Fsp3) is 0.375. The molecule has 0 bridgehead atoms. The quantitative estimate of drug-likeness (QED) is 0.514. The van der Waals surface area contributed by atoms with Crippen LogP contribution in [0.2, 0.25) is 5.02 Å².